The highest BCUT2D eigenvalue weighted by atomic mass is 35.5. The number of rotatable bonds is 3. The molecule has 1 N–H and O–H groups in total. The van der Waals surface area contributed by atoms with Crippen molar-refractivity contribution in [1.29, 1.82) is 5.26 Å². The Kier molecular flexibility index (Phi) is 4.41. The van der Waals surface area contributed by atoms with Crippen molar-refractivity contribution in [3.05, 3.63) is 62.0 Å². The van der Waals surface area contributed by atoms with E-state index in [2.05, 4.69) is 5.10 Å². The Morgan fingerprint density at radius 2 is 2.00 bits per heavy atom. The van der Waals surface area contributed by atoms with Gasteiger partial charge in [0.1, 0.15) is 11.6 Å². The molecule has 0 radical (unpaired) electrons. The van der Waals surface area contributed by atoms with E-state index in [0.29, 0.717) is 21.8 Å². The monoisotopic (exact) mass is 303 g/mol. The van der Waals surface area contributed by atoms with E-state index >= 15 is 0 Å². The van der Waals surface area contributed by atoms with Crippen LogP contribution in [0.5, 0.6) is 0 Å². The van der Waals surface area contributed by atoms with Gasteiger partial charge in [0.15, 0.2) is 0 Å². The molecule has 2 aromatic rings. The molecule has 1 atom stereocenters. The van der Waals surface area contributed by atoms with Crippen molar-refractivity contribution in [2.75, 3.05) is 0 Å². The van der Waals surface area contributed by atoms with Crippen molar-refractivity contribution >= 4 is 11.6 Å². The largest absolute Gasteiger partial charge is 0.386 e. The fourth-order valence-corrected chi connectivity index (χ4v) is 2.11. The van der Waals surface area contributed by atoms with Crippen LogP contribution in [0.2, 0.25) is 5.02 Å². The number of hydrogen-bond acceptors (Lipinski definition) is 4. The lowest BCUT2D eigenvalue weighted by molar-refractivity contribution is 0.149. The molecule has 0 saturated carbocycles. The molecule has 0 aliphatic heterocycles. The minimum Gasteiger partial charge on any atom is -0.386 e. The zero-order valence-corrected chi connectivity index (χ0v) is 12.4. The smallest absolute Gasteiger partial charge is 0.285 e. The Bertz CT molecular complexity index is 760. The average molecular weight is 304 g/mol. The van der Waals surface area contributed by atoms with Crippen LogP contribution >= 0.6 is 11.6 Å². The summed E-state index contributed by atoms with van der Waals surface area (Å²) >= 11 is 5.79. The molecule has 1 heterocycles. The summed E-state index contributed by atoms with van der Waals surface area (Å²) < 4.78 is 1.13. The lowest BCUT2D eigenvalue weighted by Gasteiger charge is -2.14. The maximum Gasteiger partial charge on any atom is 0.285 e. The van der Waals surface area contributed by atoms with Crippen LogP contribution in [-0.4, -0.2) is 14.9 Å². The molecule has 1 aromatic heterocycles. The summed E-state index contributed by atoms with van der Waals surface area (Å²) in [5.74, 6) is 0. The number of halogens is 1. The molecule has 5 nitrogen and oxygen atoms in total. The molecular formula is C15H14ClN3O2. The number of nitriles is 1. The maximum atomic E-state index is 12.1. The highest BCUT2D eigenvalue weighted by Gasteiger charge is 2.15. The fraction of sp³-hybridized carbons (Fsp3) is 0.267. The summed E-state index contributed by atoms with van der Waals surface area (Å²) in [7, 11) is 0. The van der Waals surface area contributed by atoms with Crippen molar-refractivity contribution in [1.82, 2.24) is 9.78 Å². The van der Waals surface area contributed by atoms with Gasteiger partial charge in [-0.15, -0.1) is 0 Å². The molecule has 1 aromatic carbocycles. The summed E-state index contributed by atoms with van der Waals surface area (Å²) in [5.41, 5.74) is 1.36. The van der Waals surface area contributed by atoms with Crippen molar-refractivity contribution in [3.63, 3.8) is 0 Å². The van der Waals surface area contributed by atoms with Crippen molar-refractivity contribution in [2.24, 2.45) is 0 Å². The maximum absolute atomic E-state index is 12.1. The van der Waals surface area contributed by atoms with Gasteiger partial charge in [0.2, 0.25) is 0 Å². The summed E-state index contributed by atoms with van der Waals surface area (Å²) in [6.07, 6.45) is -0.902. The van der Waals surface area contributed by atoms with Crippen LogP contribution in [0.25, 0.3) is 0 Å². The minimum absolute atomic E-state index is 0.0176. The first-order chi connectivity index (χ1) is 9.93. The van der Waals surface area contributed by atoms with E-state index in [9.17, 15) is 9.90 Å². The van der Waals surface area contributed by atoms with Crippen molar-refractivity contribution < 1.29 is 5.11 Å². The Hall–Kier alpha value is -2.16. The molecule has 2 rings (SSSR count). The number of aryl methyl sites for hydroxylation is 1. The van der Waals surface area contributed by atoms with Gasteiger partial charge in [-0.2, -0.15) is 10.4 Å². The highest BCUT2D eigenvalue weighted by Crippen LogP contribution is 2.17. The van der Waals surface area contributed by atoms with Gasteiger partial charge < -0.3 is 5.11 Å². The molecule has 21 heavy (non-hydrogen) atoms. The molecule has 6 heteroatoms. The molecule has 0 amide bonds. The molecular weight excluding hydrogens is 290 g/mol. The predicted molar refractivity (Wildman–Crippen MR) is 79.1 cm³/mol. The van der Waals surface area contributed by atoms with Crippen LogP contribution in [0.3, 0.4) is 0 Å². The Morgan fingerprint density at radius 1 is 1.38 bits per heavy atom. The van der Waals surface area contributed by atoms with Crippen LogP contribution in [-0.2, 0) is 6.54 Å². The first kappa shape index (κ1) is 15.2. The second kappa shape index (κ2) is 6.08. The van der Waals surface area contributed by atoms with Gasteiger partial charge in [-0.25, -0.2) is 4.68 Å². The van der Waals surface area contributed by atoms with E-state index in [4.69, 9.17) is 16.9 Å². The van der Waals surface area contributed by atoms with Gasteiger partial charge in [-0.3, -0.25) is 4.79 Å². The molecule has 0 aliphatic rings. The Morgan fingerprint density at radius 3 is 2.57 bits per heavy atom. The van der Waals surface area contributed by atoms with Gasteiger partial charge in [-0.1, -0.05) is 23.7 Å². The lowest BCUT2D eigenvalue weighted by Crippen LogP contribution is -2.29. The first-order valence-corrected chi connectivity index (χ1v) is 6.73. The zero-order chi connectivity index (χ0) is 15.6. The van der Waals surface area contributed by atoms with Gasteiger partial charge in [-0.05, 0) is 37.1 Å². The third kappa shape index (κ3) is 3.13. The zero-order valence-electron chi connectivity index (χ0n) is 11.7. The molecule has 0 spiro atoms. The topological polar surface area (TPSA) is 78.9 Å². The summed E-state index contributed by atoms with van der Waals surface area (Å²) in [5, 5.41) is 23.9. The molecule has 0 unspecified atom stereocenters. The Labute approximate surface area is 127 Å². The number of aromatic nitrogens is 2. The second-order valence-corrected chi connectivity index (χ2v) is 5.19. The van der Waals surface area contributed by atoms with Gasteiger partial charge in [0.05, 0.1) is 18.3 Å². The van der Waals surface area contributed by atoms with E-state index in [1.807, 2.05) is 6.07 Å². The number of benzene rings is 1. The van der Waals surface area contributed by atoms with Crippen LogP contribution in [0.15, 0.2) is 29.1 Å². The molecule has 0 saturated heterocycles. The summed E-state index contributed by atoms with van der Waals surface area (Å²) in [6.45, 7) is 3.39. The van der Waals surface area contributed by atoms with Gasteiger partial charge in [0, 0.05) is 5.02 Å². The molecule has 0 fully saturated rings. The SMILES string of the molecule is Cc1nn(C[C@H](O)c2ccc(Cl)cc2)c(=O)c(C#N)c1C. The third-order valence-corrected chi connectivity index (χ3v) is 3.60. The van der Waals surface area contributed by atoms with Crippen molar-refractivity contribution in [2.45, 2.75) is 26.5 Å². The summed E-state index contributed by atoms with van der Waals surface area (Å²) in [4.78, 5) is 12.1. The standard InChI is InChI=1S/C15H14ClN3O2/c1-9-10(2)18-19(15(21)13(9)7-17)8-14(20)11-3-5-12(16)6-4-11/h3-6,14,20H,8H2,1-2H3/t14-/m0/s1. The van der Waals surface area contributed by atoms with Crippen LogP contribution in [0.1, 0.15) is 28.5 Å². The predicted octanol–water partition coefficient (Wildman–Crippen LogP) is 2.12. The Balaban J connectivity index is 2.36. The second-order valence-electron chi connectivity index (χ2n) is 4.75. The normalized spacial score (nSPS) is 12.0. The van der Waals surface area contributed by atoms with Crippen molar-refractivity contribution in [3.8, 4) is 6.07 Å². The van der Waals surface area contributed by atoms with E-state index in [0.717, 1.165) is 4.68 Å². The fourth-order valence-electron chi connectivity index (χ4n) is 1.98. The highest BCUT2D eigenvalue weighted by molar-refractivity contribution is 6.30. The minimum atomic E-state index is -0.902. The molecule has 0 aliphatic carbocycles. The quantitative estimate of drug-likeness (QED) is 0.942. The van der Waals surface area contributed by atoms with E-state index in [-0.39, 0.29) is 12.1 Å². The molecule has 0 bridgehead atoms. The number of aliphatic hydroxyl groups excluding tert-OH is 1. The third-order valence-electron chi connectivity index (χ3n) is 3.35. The first-order valence-electron chi connectivity index (χ1n) is 6.36. The van der Waals surface area contributed by atoms with Crippen LogP contribution in [0.4, 0.5) is 0 Å². The lowest BCUT2D eigenvalue weighted by atomic mass is 10.1. The van der Waals surface area contributed by atoms with E-state index < -0.39 is 11.7 Å². The summed E-state index contributed by atoms with van der Waals surface area (Å²) in [6, 6.07) is 8.59. The number of hydrogen-bond donors (Lipinski definition) is 1. The molecule has 108 valence electrons. The van der Waals surface area contributed by atoms with E-state index in [1.54, 1.807) is 38.1 Å². The van der Waals surface area contributed by atoms with Gasteiger partial charge in [0.25, 0.3) is 5.56 Å². The van der Waals surface area contributed by atoms with E-state index in [1.165, 1.54) is 0 Å². The number of aliphatic hydroxyl groups is 1. The average Bonchev–Trinajstić information content (AvgIpc) is 2.46. The number of nitrogens with zero attached hydrogens (tertiary/aromatic N) is 3. The van der Waals surface area contributed by atoms with Crippen LogP contribution < -0.4 is 5.56 Å². The van der Waals surface area contributed by atoms with Gasteiger partial charge >= 0.3 is 0 Å². The van der Waals surface area contributed by atoms with Crippen LogP contribution in [0, 0.1) is 25.2 Å².